The molecule has 1 aromatic carbocycles. The first-order valence-electron chi connectivity index (χ1n) is 6.37. The number of amides is 1. The molecule has 1 aliphatic rings. The molecule has 98 valence electrons. The highest BCUT2D eigenvalue weighted by atomic mass is 16.5. The van der Waals surface area contributed by atoms with Crippen LogP contribution in [0, 0.1) is 0 Å². The molecule has 0 N–H and O–H groups in total. The maximum atomic E-state index is 12.2. The summed E-state index contributed by atoms with van der Waals surface area (Å²) in [5, 5.41) is 0. The van der Waals surface area contributed by atoms with Crippen molar-refractivity contribution < 1.29 is 9.53 Å². The van der Waals surface area contributed by atoms with Gasteiger partial charge in [-0.1, -0.05) is 18.2 Å². The maximum absolute atomic E-state index is 12.2. The van der Waals surface area contributed by atoms with Gasteiger partial charge in [0.1, 0.15) is 0 Å². The van der Waals surface area contributed by atoms with Crippen LogP contribution in [0.2, 0.25) is 0 Å². The Balaban J connectivity index is 1.84. The zero-order valence-electron chi connectivity index (χ0n) is 10.8. The van der Waals surface area contributed by atoms with Gasteiger partial charge >= 0.3 is 0 Å². The van der Waals surface area contributed by atoms with Gasteiger partial charge < -0.3 is 9.64 Å². The van der Waals surface area contributed by atoms with Gasteiger partial charge in [0.2, 0.25) is 0 Å². The molecule has 0 spiro atoms. The highest BCUT2D eigenvalue weighted by Crippen LogP contribution is 2.08. The van der Waals surface area contributed by atoms with Crippen molar-refractivity contribution in [2.45, 2.75) is 0 Å². The third kappa shape index (κ3) is 3.31. The normalized spacial score (nSPS) is 16.8. The summed E-state index contributed by atoms with van der Waals surface area (Å²) < 4.78 is 5.07. The number of carbonyl (C=O) groups excluding carboxylic acids is 1. The summed E-state index contributed by atoms with van der Waals surface area (Å²) in [6, 6.07) is 9.49. The van der Waals surface area contributed by atoms with Crippen LogP contribution in [0.15, 0.2) is 30.3 Å². The summed E-state index contributed by atoms with van der Waals surface area (Å²) >= 11 is 0. The third-order valence-corrected chi connectivity index (χ3v) is 3.29. The van der Waals surface area contributed by atoms with E-state index in [0.717, 1.165) is 44.9 Å². The van der Waals surface area contributed by atoms with Gasteiger partial charge in [-0.25, -0.2) is 0 Å². The van der Waals surface area contributed by atoms with Crippen LogP contribution in [0.5, 0.6) is 0 Å². The molecule has 18 heavy (non-hydrogen) atoms. The number of benzene rings is 1. The van der Waals surface area contributed by atoms with E-state index in [4.69, 9.17) is 4.74 Å². The van der Waals surface area contributed by atoms with E-state index in [-0.39, 0.29) is 5.91 Å². The molecule has 0 bridgehead atoms. The predicted octanol–water partition coefficient (Wildman–Crippen LogP) is 1.09. The summed E-state index contributed by atoms with van der Waals surface area (Å²) in [5.41, 5.74) is 0.780. The fraction of sp³-hybridized carbons (Fsp3) is 0.500. The number of rotatable bonds is 4. The summed E-state index contributed by atoms with van der Waals surface area (Å²) in [4.78, 5) is 16.5. The SMILES string of the molecule is COCCN1CCN(C(=O)c2ccccc2)CC1. The summed E-state index contributed by atoms with van der Waals surface area (Å²) in [5.74, 6) is 0.141. The van der Waals surface area contributed by atoms with Gasteiger partial charge in [0.05, 0.1) is 6.61 Å². The average Bonchev–Trinajstić information content (AvgIpc) is 2.46. The van der Waals surface area contributed by atoms with Gasteiger partial charge in [-0.05, 0) is 12.1 Å². The second-order valence-electron chi connectivity index (χ2n) is 4.49. The van der Waals surface area contributed by atoms with Crippen LogP contribution < -0.4 is 0 Å². The molecule has 1 fully saturated rings. The second kappa shape index (κ2) is 6.52. The third-order valence-electron chi connectivity index (χ3n) is 3.29. The lowest BCUT2D eigenvalue weighted by atomic mass is 10.2. The molecule has 1 aromatic rings. The molecule has 2 rings (SSSR count). The van der Waals surface area contributed by atoms with Gasteiger partial charge in [0, 0.05) is 45.4 Å². The molecule has 1 aliphatic heterocycles. The molecule has 1 saturated heterocycles. The topological polar surface area (TPSA) is 32.8 Å². The molecular weight excluding hydrogens is 228 g/mol. The summed E-state index contributed by atoms with van der Waals surface area (Å²) in [6.45, 7) is 5.18. The Morgan fingerprint density at radius 3 is 2.44 bits per heavy atom. The van der Waals surface area contributed by atoms with Gasteiger partial charge in [-0.15, -0.1) is 0 Å². The van der Waals surface area contributed by atoms with Crippen molar-refractivity contribution >= 4 is 5.91 Å². The number of carbonyl (C=O) groups is 1. The zero-order valence-corrected chi connectivity index (χ0v) is 10.8. The second-order valence-corrected chi connectivity index (χ2v) is 4.49. The van der Waals surface area contributed by atoms with Crippen molar-refractivity contribution in [2.75, 3.05) is 46.4 Å². The standard InChI is InChI=1S/C14H20N2O2/c1-18-12-11-15-7-9-16(10-8-15)14(17)13-5-3-2-4-6-13/h2-6H,7-12H2,1H3. The van der Waals surface area contributed by atoms with Crippen LogP contribution in [0.1, 0.15) is 10.4 Å². The Bertz CT molecular complexity index is 373. The Morgan fingerprint density at radius 2 is 1.83 bits per heavy atom. The summed E-state index contributed by atoms with van der Waals surface area (Å²) in [7, 11) is 1.72. The van der Waals surface area contributed by atoms with Gasteiger partial charge in [0.25, 0.3) is 5.91 Å². The van der Waals surface area contributed by atoms with Crippen LogP contribution in [-0.4, -0.2) is 62.1 Å². The van der Waals surface area contributed by atoms with Crippen molar-refractivity contribution in [3.05, 3.63) is 35.9 Å². The van der Waals surface area contributed by atoms with E-state index in [9.17, 15) is 4.79 Å². The predicted molar refractivity (Wildman–Crippen MR) is 70.7 cm³/mol. The number of hydrogen-bond acceptors (Lipinski definition) is 3. The molecule has 1 amide bonds. The molecule has 4 heteroatoms. The zero-order chi connectivity index (χ0) is 12.8. The first-order valence-corrected chi connectivity index (χ1v) is 6.37. The van der Waals surface area contributed by atoms with E-state index >= 15 is 0 Å². The van der Waals surface area contributed by atoms with Crippen LogP contribution in [0.3, 0.4) is 0 Å². The number of hydrogen-bond donors (Lipinski definition) is 0. The van der Waals surface area contributed by atoms with E-state index in [2.05, 4.69) is 4.90 Å². The molecule has 0 aromatic heterocycles. The fourth-order valence-corrected chi connectivity index (χ4v) is 2.16. The quantitative estimate of drug-likeness (QED) is 0.799. The highest BCUT2D eigenvalue weighted by molar-refractivity contribution is 5.94. The monoisotopic (exact) mass is 248 g/mol. The van der Waals surface area contributed by atoms with Crippen molar-refractivity contribution in [2.24, 2.45) is 0 Å². The minimum Gasteiger partial charge on any atom is -0.383 e. The van der Waals surface area contributed by atoms with Gasteiger partial charge in [0.15, 0.2) is 0 Å². The van der Waals surface area contributed by atoms with E-state index in [0.29, 0.717) is 0 Å². The minimum absolute atomic E-state index is 0.141. The molecule has 0 atom stereocenters. The Hall–Kier alpha value is -1.39. The van der Waals surface area contributed by atoms with E-state index in [1.165, 1.54) is 0 Å². The Morgan fingerprint density at radius 1 is 1.17 bits per heavy atom. The molecule has 0 unspecified atom stereocenters. The van der Waals surface area contributed by atoms with Gasteiger partial charge in [-0.2, -0.15) is 0 Å². The molecule has 0 radical (unpaired) electrons. The Labute approximate surface area is 108 Å². The first-order chi connectivity index (χ1) is 8.81. The number of nitrogens with zero attached hydrogens (tertiary/aromatic N) is 2. The van der Waals surface area contributed by atoms with Crippen molar-refractivity contribution in [3.8, 4) is 0 Å². The number of methoxy groups -OCH3 is 1. The van der Waals surface area contributed by atoms with E-state index < -0.39 is 0 Å². The van der Waals surface area contributed by atoms with Gasteiger partial charge in [-0.3, -0.25) is 9.69 Å². The number of piperazine rings is 1. The van der Waals surface area contributed by atoms with Crippen LogP contribution in [-0.2, 0) is 4.74 Å². The van der Waals surface area contributed by atoms with Crippen molar-refractivity contribution in [1.29, 1.82) is 0 Å². The van der Waals surface area contributed by atoms with E-state index in [1.807, 2.05) is 35.2 Å². The van der Waals surface area contributed by atoms with Crippen molar-refractivity contribution in [1.82, 2.24) is 9.80 Å². The smallest absolute Gasteiger partial charge is 0.253 e. The summed E-state index contributed by atoms with van der Waals surface area (Å²) in [6.07, 6.45) is 0. The lowest BCUT2D eigenvalue weighted by molar-refractivity contribution is 0.0594. The van der Waals surface area contributed by atoms with Crippen LogP contribution in [0.25, 0.3) is 0 Å². The molecular formula is C14H20N2O2. The van der Waals surface area contributed by atoms with Crippen LogP contribution >= 0.6 is 0 Å². The fourth-order valence-electron chi connectivity index (χ4n) is 2.16. The lowest BCUT2D eigenvalue weighted by Gasteiger charge is -2.34. The van der Waals surface area contributed by atoms with E-state index in [1.54, 1.807) is 7.11 Å². The van der Waals surface area contributed by atoms with Crippen LogP contribution in [0.4, 0.5) is 0 Å². The lowest BCUT2D eigenvalue weighted by Crippen LogP contribution is -2.49. The molecule has 0 aliphatic carbocycles. The molecule has 0 saturated carbocycles. The average molecular weight is 248 g/mol. The first kappa shape index (κ1) is 13.1. The molecule has 1 heterocycles. The molecule has 4 nitrogen and oxygen atoms in total. The Kier molecular flexibility index (Phi) is 4.73. The largest absolute Gasteiger partial charge is 0.383 e. The minimum atomic E-state index is 0.141. The maximum Gasteiger partial charge on any atom is 0.253 e. The van der Waals surface area contributed by atoms with Crippen molar-refractivity contribution in [3.63, 3.8) is 0 Å². The number of ether oxygens (including phenoxy) is 1. The highest BCUT2D eigenvalue weighted by Gasteiger charge is 2.21.